The van der Waals surface area contributed by atoms with Crippen molar-refractivity contribution >= 4 is 21.8 Å². The molecule has 0 bridgehead atoms. The standard InChI is InChI=1S/C14H17BrN2O/c15-11-4-2-10(3-5-11)14(6-1-7-14)17-9-12(16)8-13(17)18/h2-5,12H,1,6-9,16H2. The molecule has 2 N–H and O–H groups in total. The van der Waals surface area contributed by atoms with Crippen molar-refractivity contribution < 1.29 is 4.79 Å². The van der Waals surface area contributed by atoms with E-state index in [-0.39, 0.29) is 17.5 Å². The molecule has 1 heterocycles. The molecule has 0 radical (unpaired) electrons. The first-order valence-electron chi connectivity index (χ1n) is 6.44. The predicted octanol–water partition coefficient (Wildman–Crippen LogP) is 2.39. The molecular weight excluding hydrogens is 292 g/mol. The van der Waals surface area contributed by atoms with Gasteiger partial charge in [0.1, 0.15) is 0 Å². The molecular formula is C14H17BrN2O. The minimum Gasteiger partial charge on any atom is -0.331 e. The summed E-state index contributed by atoms with van der Waals surface area (Å²) in [6.45, 7) is 0.703. The molecule has 1 unspecified atom stereocenters. The lowest BCUT2D eigenvalue weighted by molar-refractivity contribution is -0.137. The fourth-order valence-corrected chi connectivity index (χ4v) is 3.40. The van der Waals surface area contributed by atoms with Crippen LogP contribution in [0.1, 0.15) is 31.2 Å². The number of carbonyl (C=O) groups excluding carboxylic acids is 1. The highest BCUT2D eigenvalue weighted by molar-refractivity contribution is 9.10. The summed E-state index contributed by atoms with van der Waals surface area (Å²) < 4.78 is 1.07. The Balaban J connectivity index is 1.95. The molecule has 1 aromatic carbocycles. The summed E-state index contributed by atoms with van der Waals surface area (Å²) in [5.74, 6) is 0.213. The Morgan fingerprint density at radius 3 is 2.39 bits per heavy atom. The van der Waals surface area contributed by atoms with Crippen LogP contribution in [0.2, 0.25) is 0 Å². The van der Waals surface area contributed by atoms with Crippen molar-refractivity contribution in [3.63, 3.8) is 0 Å². The quantitative estimate of drug-likeness (QED) is 0.912. The zero-order valence-corrected chi connectivity index (χ0v) is 11.8. The molecule has 3 nitrogen and oxygen atoms in total. The van der Waals surface area contributed by atoms with Gasteiger partial charge in [-0.05, 0) is 37.0 Å². The largest absolute Gasteiger partial charge is 0.331 e. The maximum atomic E-state index is 12.1. The van der Waals surface area contributed by atoms with E-state index in [1.165, 1.54) is 12.0 Å². The molecule has 2 aliphatic rings. The SMILES string of the molecule is NC1CC(=O)N(C2(c3ccc(Br)cc3)CCC2)C1. The summed E-state index contributed by atoms with van der Waals surface area (Å²) in [5, 5.41) is 0. The van der Waals surface area contributed by atoms with Crippen molar-refractivity contribution in [1.29, 1.82) is 0 Å². The first kappa shape index (κ1) is 12.2. The third-order valence-corrected chi connectivity index (χ3v) is 4.76. The minimum atomic E-state index is -0.0775. The van der Waals surface area contributed by atoms with Gasteiger partial charge in [0.05, 0.1) is 5.54 Å². The fraction of sp³-hybridized carbons (Fsp3) is 0.500. The molecule has 0 aromatic heterocycles. The monoisotopic (exact) mass is 308 g/mol. The van der Waals surface area contributed by atoms with Crippen LogP contribution in [0.5, 0.6) is 0 Å². The summed E-state index contributed by atoms with van der Waals surface area (Å²) in [5.41, 5.74) is 7.10. The van der Waals surface area contributed by atoms with Gasteiger partial charge in [0.15, 0.2) is 0 Å². The summed E-state index contributed by atoms with van der Waals surface area (Å²) in [4.78, 5) is 14.1. The number of hydrogen-bond acceptors (Lipinski definition) is 2. The maximum absolute atomic E-state index is 12.1. The van der Waals surface area contributed by atoms with Crippen molar-refractivity contribution in [3.8, 4) is 0 Å². The topological polar surface area (TPSA) is 46.3 Å². The average molecular weight is 309 g/mol. The van der Waals surface area contributed by atoms with Crippen LogP contribution >= 0.6 is 15.9 Å². The molecule has 1 saturated heterocycles. The van der Waals surface area contributed by atoms with Gasteiger partial charge in [0, 0.05) is 23.5 Å². The minimum absolute atomic E-state index is 0.00502. The zero-order valence-electron chi connectivity index (χ0n) is 10.2. The molecule has 1 saturated carbocycles. The maximum Gasteiger partial charge on any atom is 0.224 e. The van der Waals surface area contributed by atoms with Crippen LogP contribution in [0.3, 0.4) is 0 Å². The summed E-state index contributed by atoms with van der Waals surface area (Å²) in [6.07, 6.45) is 3.81. The number of halogens is 1. The van der Waals surface area contributed by atoms with Gasteiger partial charge in [-0.15, -0.1) is 0 Å². The Morgan fingerprint density at radius 1 is 1.28 bits per heavy atom. The van der Waals surface area contributed by atoms with E-state index in [9.17, 15) is 4.79 Å². The molecule has 1 aliphatic heterocycles. The number of nitrogens with two attached hydrogens (primary N) is 1. The number of likely N-dealkylation sites (tertiary alicyclic amines) is 1. The summed E-state index contributed by atoms with van der Waals surface area (Å²) in [7, 11) is 0. The lowest BCUT2D eigenvalue weighted by Crippen LogP contribution is -2.52. The molecule has 1 atom stereocenters. The highest BCUT2D eigenvalue weighted by Gasteiger charge is 2.48. The van der Waals surface area contributed by atoms with Gasteiger partial charge >= 0.3 is 0 Å². The van der Waals surface area contributed by atoms with Crippen LogP contribution in [0.4, 0.5) is 0 Å². The van der Waals surface area contributed by atoms with Crippen molar-refractivity contribution in [1.82, 2.24) is 4.90 Å². The van der Waals surface area contributed by atoms with E-state index >= 15 is 0 Å². The molecule has 18 heavy (non-hydrogen) atoms. The van der Waals surface area contributed by atoms with Crippen molar-refractivity contribution in [3.05, 3.63) is 34.3 Å². The second-order valence-corrected chi connectivity index (χ2v) is 6.28. The number of nitrogens with zero attached hydrogens (tertiary/aromatic N) is 1. The van der Waals surface area contributed by atoms with Crippen molar-refractivity contribution in [2.45, 2.75) is 37.3 Å². The molecule has 2 fully saturated rings. The van der Waals surface area contributed by atoms with E-state index in [0.29, 0.717) is 13.0 Å². The van der Waals surface area contributed by atoms with Crippen LogP contribution in [-0.4, -0.2) is 23.4 Å². The first-order chi connectivity index (χ1) is 8.62. The Bertz CT molecular complexity index is 467. The van der Waals surface area contributed by atoms with Gasteiger partial charge in [0.25, 0.3) is 0 Å². The summed E-state index contributed by atoms with van der Waals surface area (Å²) >= 11 is 3.46. The van der Waals surface area contributed by atoms with Gasteiger partial charge in [-0.1, -0.05) is 28.1 Å². The average Bonchev–Trinajstić information content (AvgIpc) is 2.60. The van der Waals surface area contributed by atoms with Crippen molar-refractivity contribution in [2.75, 3.05) is 6.54 Å². The molecule has 1 amide bonds. The van der Waals surface area contributed by atoms with Gasteiger partial charge < -0.3 is 10.6 Å². The van der Waals surface area contributed by atoms with Crippen molar-refractivity contribution in [2.24, 2.45) is 5.73 Å². The van der Waals surface area contributed by atoms with E-state index in [1.807, 2.05) is 4.90 Å². The van der Waals surface area contributed by atoms with Crippen LogP contribution in [0.25, 0.3) is 0 Å². The first-order valence-corrected chi connectivity index (χ1v) is 7.23. The van der Waals surface area contributed by atoms with E-state index in [2.05, 4.69) is 40.2 Å². The number of rotatable bonds is 2. The highest BCUT2D eigenvalue weighted by atomic mass is 79.9. The Kier molecular flexibility index (Phi) is 2.94. The van der Waals surface area contributed by atoms with Gasteiger partial charge in [-0.3, -0.25) is 4.79 Å². The second-order valence-electron chi connectivity index (χ2n) is 5.36. The number of hydrogen-bond donors (Lipinski definition) is 1. The Labute approximate surface area is 115 Å². The second kappa shape index (κ2) is 4.35. The predicted molar refractivity (Wildman–Crippen MR) is 74.0 cm³/mol. The molecule has 3 rings (SSSR count). The molecule has 1 aliphatic carbocycles. The normalized spacial score (nSPS) is 26.2. The lowest BCUT2D eigenvalue weighted by Gasteiger charge is -2.49. The lowest BCUT2D eigenvalue weighted by atomic mass is 9.70. The van der Waals surface area contributed by atoms with E-state index in [0.717, 1.165) is 17.3 Å². The van der Waals surface area contributed by atoms with Crippen LogP contribution < -0.4 is 5.73 Å². The number of carbonyl (C=O) groups is 1. The molecule has 0 spiro atoms. The summed E-state index contributed by atoms with van der Waals surface area (Å²) in [6, 6.07) is 8.36. The smallest absolute Gasteiger partial charge is 0.224 e. The molecule has 96 valence electrons. The van der Waals surface area contributed by atoms with Gasteiger partial charge in [-0.2, -0.15) is 0 Å². The fourth-order valence-electron chi connectivity index (χ4n) is 3.14. The Morgan fingerprint density at radius 2 is 1.94 bits per heavy atom. The molecule has 4 heteroatoms. The van der Waals surface area contributed by atoms with Crippen LogP contribution in [-0.2, 0) is 10.3 Å². The highest BCUT2D eigenvalue weighted by Crippen LogP contribution is 2.48. The van der Waals surface area contributed by atoms with Gasteiger partial charge in [-0.25, -0.2) is 0 Å². The van der Waals surface area contributed by atoms with Crippen LogP contribution in [0.15, 0.2) is 28.7 Å². The van der Waals surface area contributed by atoms with E-state index in [4.69, 9.17) is 5.73 Å². The van der Waals surface area contributed by atoms with Gasteiger partial charge in [0.2, 0.25) is 5.91 Å². The number of benzene rings is 1. The third-order valence-electron chi connectivity index (χ3n) is 4.23. The van der Waals surface area contributed by atoms with E-state index < -0.39 is 0 Å². The number of amides is 1. The van der Waals surface area contributed by atoms with E-state index in [1.54, 1.807) is 0 Å². The zero-order chi connectivity index (χ0) is 12.8. The Hall–Kier alpha value is -0.870. The molecule has 1 aromatic rings. The van der Waals surface area contributed by atoms with Crippen LogP contribution in [0, 0.1) is 0 Å². The third kappa shape index (κ3) is 1.79.